The van der Waals surface area contributed by atoms with Crippen LogP contribution in [-0.2, 0) is 4.74 Å². The van der Waals surface area contributed by atoms with Gasteiger partial charge in [0.05, 0.1) is 36.0 Å². The number of aromatic nitrogens is 2. The first-order chi connectivity index (χ1) is 13.2. The van der Waals surface area contributed by atoms with Gasteiger partial charge in [0.2, 0.25) is 0 Å². The number of thiazole rings is 1. The van der Waals surface area contributed by atoms with E-state index in [-0.39, 0.29) is 5.91 Å². The molecule has 0 atom stereocenters. The van der Waals surface area contributed by atoms with Crippen LogP contribution in [0.3, 0.4) is 0 Å². The SMILES string of the molecule is Cc1nc(-c2ccccn2)sc1C(=O)Nc1ccccc1N1CCOCC1. The number of carbonyl (C=O) groups excluding carboxylic acids is 1. The molecule has 3 heterocycles. The van der Waals surface area contributed by atoms with Crippen LogP contribution in [-0.4, -0.2) is 42.2 Å². The largest absolute Gasteiger partial charge is 0.378 e. The number of morpholine rings is 1. The third-order valence-electron chi connectivity index (χ3n) is 4.39. The van der Waals surface area contributed by atoms with Crippen molar-refractivity contribution in [2.45, 2.75) is 6.92 Å². The van der Waals surface area contributed by atoms with Crippen molar-refractivity contribution in [3.8, 4) is 10.7 Å². The summed E-state index contributed by atoms with van der Waals surface area (Å²) in [5.74, 6) is -0.145. The number of nitrogens with zero attached hydrogens (tertiary/aromatic N) is 3. The van der Waals surface area contributed by atoms with Gasteiger partial charge in [-0.1, -0.05) is 18.2 Å². The average Bonchev–Trinajstić information content (AvgIpc) is 3.12. The van der Waals surface area contributed by atoms with E-state index in [2.05, 4.69) is 20.2 Å². The zero-order valence-corrected chi connectivity index (χ0v) is 15.8. The number of amides is 1. The topological polar surface area (TPSA) is 67.4 Å². The number of pyridine rings is 1. The first-order valence-corrected chi connectivity index (χ1v) is 9.66. The van der Waals surface area contributed by atoms with Crippen molar-refractivity contribution in [1.82, 2.24) is 9.97 Å². The molecule has 6 nitrogen and oxygen atoms in total. The van der Waals surface area contributed by atoms with Gasteiger partial charge in [-0.15, -0.1) is 11.3 Å². The van der Waals surface area contributed by atoms with Crippen molar-refractivity contribution in [3.63, 3.8) is 0 Å². The first-order valence-electron chi connectivity index (χ1n) is 8.84. The maximum Gasteiger partial charge on any atom is 0.267 e. The predicted octanol–water partition coefficient (Wildman–Crippen LogP) is 3.60. The molecular formula is C20H20N4O2S. The van der Waals surface area contributed by atoms with E-state index in [4.69, 9.17) is 4.74 Å². The third-order valence-corrected chi connectivity index (χ3v) is 5.57. The summed E-state index contributed by atoms with van der Waals surface area (Å²) in [6.07, 6.45) is 1.73. The van der Waals surface area contributed by atoms with Crippen molar-refractivity contribution in [3.05, 3.63) is 59.2 Å². The summed E-state index contributed by atoms with van der Waals surface area (Å²) >= 11 is 1.36. The van der Waals surface area contributed by atoms with Crippen LogP contribution in [0.15, 0.2) is 48.7 Å². The van der Waals surface area contributed by atoms with Crippen LogP contribution < -0.4 is 10.2 Å². The van der Waals surface area contributed by atoms with E-state index in [1.165, 1.54) is 11.3 Å². The molecule has 0 unspecified atom stereocenters. The molecule has 27 heavy (non-hydrogen) atoms. The summed E-state index contributed by atoms with van der Waals surface area (Å²) in [5.41, 5.74) is 3.30. The Balaban J connectivity index is 1.58. The number of anilines is 2. The Hall–Kier alpha value is -2.77. The summed E-state index contributed by atoms with van der Waals surface area (Å²) in [6, 6.07) is 13.5. The number of rotatable bonds is 4. The zero-order valence-electron chi connectivity index (χ0n) is 15.0. The molecule has 1 aliphatic rings. The summed E-state index contributed by atoms with van der Waals surface area (Å²) in [4.78, 5) is 24.6. The molecule has 0 saturated carbocycles. The van der Waals surface area contributed by atoms with Gasteiger partial charge in [0.1, 0.15) is 9.88 Å². The second kappa shape index (κ2) is 7.85. The number of nitrogens with one attached hydrogen (secondary N) is 1. The van der Waals surface area contributed by atoms with Crippen molar-refractivity contribution in [2.75, 3.05) is 36.5 Å². The molecule has 1 saturated heterocycles. The Bertz CT molecular complexity index is 936. The lowest BCUT2D eigenvalue weighted by Crippen LogP contribution is -2.36. The molecule has 138 valence electrons. The third kappa shape index (κ3) is 3.84. The van der Waals surface area contributed by atoms with Crippen molar-refractivity contribution >= 4 is 28.6 Å². The van der Waals surface area contributed by atoms with Crippen LogP contribution in [0.1, 0.15) is 15.4 Å². The molecule has 3 aromatic rings. The number of hydrogen-bond acceptors (Lipinski definition) is 6. The maximum absolute atomic E-state index is 12.9. The Labute approximate surface area is 161 Å². The van der Waals surface area contributed by atoms with Crippen molar-refractivity contribution in [2.24, 2.45) is 0 Å². The monoisotopic (exact) mass is 380 g/mol. The van der Waals surface area contributed by atoms with Crippen molar-refractivity contribution < 1.29 is 9.53 Å². The van der Waals surface area contributed by atoms with Gasteiger partial charge in [0.25, 0.3) is 5.91 Å². The molecule has 0 aliphatic carbocycles. The highest BCUT2D eigenvalue weighted by atomic mass is 32.1. The standard InChI is InChI=1S/C20H20N4O2S/c1-14-18(27-20(22-14)16-7-4-5-9-21-16)19(25)23-15-6-2-3-8-17(15)24-10-12-26-13-11-24/h2-9H,10-13H2,1H3,(H,23,25). The molecule has 1 aromatic carbocycles. The summed E-state index contributed by atoms with van der Waals surface area (Å²) < 4.78 is 5.43. The Morgan fingerprint density at radius 3 is 2.70 bits per heavy atom. The zero-order chi connectivity index (χ0) is 18.6. The fourth-order valence-electron chi connectivity index (χ4n) is 3.04. The van der Waals surface area contributed by atoms with Gasteiger partial charge in [0, 0.05) is 19.3 Å². The summed E-state index contributed by atoms with van der Waals surface area (Å²) in [7, 11) is 0. The Kier molecular flexibility index (Phi) is 5.13. The highest BCUT2D eigenvalue weighted by Gasteiger charge is 2.20. The van der Waals surface area contributed by atoms with Gasteiger partial charge in [-0.2, -0.15) is 0 Å². The smallest absolute Gasteiger partial charge is 0.267 e. The molecule has 0 radical (unpaired) electrons. The minimum Gasteiger partial charge on any atom is -0.378 e. The Morgan fingerprint density at radius 1 is 1.15 bits per heavy atom. The van der Waals surface area contributed by atoms with Crippen LogP contribution in [0.5, 0.6) is 0 Å². The number of hydrogen-bond donors (Lipinski definition) is 1. The van der Waals surface area contributed by atoms with Gasteiger partial charge in [-0.3, -0.25) is 9.78 Å². The predicted molar refractivity (Wildman–Crippen MR) is 108 cm³/mol. The number of benzene rings is 1. The van der Waals surface area contributed by atoms with E-state index in [1.54, 1.807) is 6.20 Å². The Morgan fingerprint density at radius 2 is 1.93 bits per heavy atom. The van der Waals surface area contributed by atoms with E-state index >= 15 is 0 Å². The number of aryl methyl sites for hydroxylation is 1. The lowest BCUT2D eigenvalue weighted by molar-refractivity contribution is 0.103. The van der Waals surface area contributed by atoms with E-state index in [0.717, 1.165) is 35.2 Å². The minimum absolute atomic E-state index is 0.145. The number of ether oxygens (including phenoxy) is 1. The molecule has 1 fully saturated rings. The molecule has 1 amide bonds. The highest BCUT2D eigenvalue weighted by Crippen LogP contribution is 2.30. The lowest BCUT2D eigenvalue weighted by Gasteiger charge is -2.30. The minimum atomic E-state index is -0.145. The fraction of sp³-hybridized carbons (Fsp3) is 0.250. The van der Waals surface area contributed by atoms with E-state index in [1.807, 2.05) is 49.4 Å². The molecular weight excluding hydrogens is 360 g/mol. The molecule has 0 spiro atoms. The molecule has 1 N–H and O–H groups in total. The molecule has 4 rings (SSSR count). The maximum atomic E-state index is 12.9. The average molecular weight is 380 g/mol. The van der Waals surface area contributed by atoms with Crippen molar-refractivity contribution in [1.29, 1.82) is 0 Å². The fourth-order valence-corrected chi connectivity index (χ4v) is 3.98. The van der Waals surface area contributed by atoms with Gasteiger partial charge in [-0.25, -0.2) is 4.98 Å². The van der Waals surface area contributed by atoms with Gasteiger partial charge in [0.15, 0.2) is 0 Å². The molecule has 7 heteroatoms. The van der Waals surface area contributed by atoms with Crippen LogP contribution in [0.4, 0.5) is 11.4 Å². The highest BCUT2D eigenvalue weighted by molar-refractivity contribution is 7.17. The van der Waals surface area contributed by atoms with Crippen LogP contribution in [0.2, 0.25) is 0 Å². The second-order valence-corrected chi connectivity index (χ2v) is 7.22. The summed E-state index contributed by atoms with van der Waals surface area (Å²) in [6.45, 7) is 4.88. The molecule has 1 aliphatic heterocycles. The van der Waals surface area contributed by atoms with Crippen LogP contribution >= 0.6 is 11.3 Å². The second-order valence-electron chi connectivity index (χ2n) is 6.22. The van der Waals surface area contributed by atoms with Gasteiger partial charge >= 0.3 is 0 Å². The van der Waals surface area contributed by atoms with Crippen LogP contribution in [0.25, 0.3) is 10.7 Å². The molecule has 0 bridgehead atoms. The lowest BCUT2D eigenvalue weighted by atomic mass is 10.2. The van der Waals surface area contributed by atoms with E-state index in [9.17, 15) is 4.79 Å². The van der Waals surface area contributed by atoms with Gasteiger partial charge < -0.3 is 15.0 Å². The van der Waals surface area contributed by atoms with Gasteiger partial charge in [-0.05, 0) is 31.2 Å². The quantitative estimate of drug-likeness (QED) is 0.749. The first kappa shape index (κ1) is 17.6. The van der Waals surface area contributed by atoms with E-state index in [0.29, 0.717) is 23.8 Å². The normalized spacial score (nSPS) is 14.2. The number of carbonyl (C=O) groups is 1. The number of para-hydroxylation sites is 2. The van der Waals surface area contributed by atoms with E-state index < -0.39 is 0 Å². The molecule has 2 aromatic heterocycles. The summed E-state index contributed by atoms with van der Waals surface area (Å²) in [5, 5.41) is 3.81. The van der Waals surface area contributed by atoms with Crippen LogP contribution in [0, 0.1) is 6.92 Å².